The van der Waals surface area contributed by atoms with Gasteiger partial charge in [0.25, 0.3) is 0 Å². The van der Waals surface area contributed by atoms with E-state index in [1.54, 1.807) is 6.20 Å². The number of nitrogens with zero attached hydrogens (tertiary/aromatic N) is 1. The van der Waals surface area contributed by atoms with Crippen LogP contribution in [0.3, 0.4) is 0 Å². The third-order valence-corrected chi connectivity index (χ3v) is 2.64. The van der Waals surface area contributed by atoms with E-state index in [2.05, 4.69) is 28.5 Å². The van der Waals surface area contributed by atoms with Crippen LogP contribution in [-0.2, 0) is 6.54 Å². The monoisotopic (exact) mass is 230 g/mol. The number of aryl methyl sites for hydroxylation is 2. The lowest BCUT2D eigenvalue weighted by atomic mass is 10.1. The lowest BCUT2D eigenvalue weighted by Crippen LogP contribution is -2.02. The molecular weight excluding hydrogens is 215 g/mol. The van der Waals surface area contributed by atoms with Crippen LogP contribution in [0, 0.1) is 19.7 Å². The average molecular weight is 230 g/mol. The summed E-state index contributed by atoms with van der Waals surface area (Å²) in [6.45, 7) is 4.68. The fourth-order valence-electron chi connectivity index (χ4n) is 1.68. The molecule has 0 spiro atoms. The molecule has 0 saturated heterocycles. The zero-order chi connectivity index (χ0) is 12.3. The molecule has 2 aromatic rings. The molecule has 0 radical (unpaired) electrons. The average Bonchev–Trinajstić information content (AvgIpc) is 2.30. The van der Waals surface area contributed by atoms with E-state index in [9.17, 15) is 4.39 Å². The standard InChI is InChI=1S/C14H15FN2/c1-10-3-4-11(2)14(5-10)17-8-12-6-13(15)9-16-7-12/h3-7,9,17H,8H2,1-2H3. The summed E-state index contributed by atoms with van der Waals surface area (Å²) in [5.74, 6) is -0.301. The number of pyridine rings is 1. The van der Waals surface area contributed by atoms with Crippen molar-refractivity contribution in [3.05, 3.63) is 59.2 Å². The quantitative estimate of drug-likeness (QED) is 0.873. The van der Waals surface area contributed by atoms with Gasteiger partial charge in [-0.05, 0) is 42.7 Å². The smallest absolute Gasteiger partial charge is 0.141 e. The minimum absolute atomic E-state index is 0.301. The molecule has 88 valence electrons. The van der Waals surface area contributed by atoms with Crippen LogP contribution in [0.1, 0.15) is 16.7 Å². The van der Waals surface area contributed by atoms with Crippen LogP contribution in [0.25, 0.3) is 0 Å². The van der Waals surface area contributed by atoms with E-state index < -0.39 is 0 Å². The Morgan fingerprint density at radius 3 is 2.76 bits per heavy atom. The largest absolute Gasteiger partial charge is 0.381 e. The predicted molar refractivity (Wildman–Crippen MR) is 67.4 cm³/mol. The highest BCUT2D eigenvalue weighted by Gasteiger charge is 2.00. The minimum atomic E-state index is -0.301. The summed E-state index contributed by atoms with van der Waals surface area (Å²) in [5.41, 5.74) is 4.30. The Kier molecular flexibility index (Phi) is 3.38. The van der Waals surface area contributed by atoms with E-state index >= 15 is 0 Å². The second-order valence-corrected chi connectivity index (χ2v) is 4.18. The molecule has 0 fully saturated rings. The molecule has 3 heteroatoms. The van der Waals surface area contributed by atoms with E-state index in [1.165, 1.54) is 23.4 Å². The van der Waals surface area contributed by atoms with Gasteiger partial charge in [-0.15, -0.1) is 0 Å². The molecule has 2 nitrogen and oxygen atoms in total. The zero-order valence-corrected chi connectivity index (χ0v) is 10.00. The molecule has 1 aromatic heterocycles. The molecule has 0 amide bonds. The van der Waals surface area contributed by atoms with Gasteiger partial charge in [0.05, 0.1) is 6.20 Å². The molecule has 1 aromatic carbocycles. The number of rotatable bonds is 3. The van der Waals surface area contributed by atoms with Crippen molar-refractivity contribution in [3.63, 3.8) is 0 Å². The Morgan fingerprint density at radius 1 is 1.18 bits per heavy atom. The Balaban J connectivity index is 2.09. The van der Waals surface area contributed by atoms with Gasteiger partial charge in [-0.2, -0.15) is 0 Å². The van der Waals surface area contributed by atoms with Gasteiger partial charge in [0, 0.05) is 18.4 Å². The first kappa shape index (κ1) is 11.6. The van der Waals surface area contributed by atoms with Crippen LogP contribution in [0.15, 0.2) is 36.7 Å². The summed E-state index contributed by atoms with van der Waals surface area (Å²) in [6, 6.07) is 7.72. The van der Waals surface area contributed by atoms with Gasteiger partial charge in [-0.25, -0.2) is 4.39 Å². The Morgan fingerprint density at radius 2 is 2.00 bits per heavy atom. The second kappa shape index (κ2) is 4.95. The lowest BCUT2D eigenvalue weighted by Gasteiger charge is -2.10. The molecule has 0 saturated carbocycles. The number of nitrogens with one attached hydrogen (secondary N) is 1. The molecule has 0 atom stereocenters. The molecule has 0 unspecified atom stereocenters. The van der Waals surface area contributed by atoms with Gasteiger partial charge in [-0.1, -0.05) is 12.1 Å². The van der Waals surface area contributed by atoms with Crippen LogP contribution >= 0.6 is 0 Å². The van der Waals surface area contributed by atoms with Gasteiger partial charge in [0.1, 0.15) is 5.82 Å². The van der Waals surface area contributed by atoms with E-state index in [-0.39, 0.29) is 5.82 Å². The lowest BCUT2D eigenvalue weighted by molar-refractivity contribution is 0.619. The van der Waals surface area contributed by atoms with Crippen molar-refractivity contribution in [1.82, 2.24) is 4.98 Å². The zero-order valence-electron chi connectivity index (χ0n) is 10.00. The third-order valence-electron chi connectivity index (χ3n) is 2.64. The number of anilines is 1. The Bertz CT molecular complexity index is 523. The maximum Gasteiger partial charge on any atom is 0.141 e. The second-order valence-electron chi connectivity index (χ2n) is 4.18. The number of hydrogen-bond donors (Lipinski definition) is 1. The highest BCUT2D eigenvalue weighted by molar-refractivity contribution is 5.52. The third kappa shape index (κ3) is 3.03. The van der Waals surface area contributed by atoms with E-state index in [0.29, 0.717) is 6.54 Å². The molecule has 0 aliphatic rings. The van der Waals surface area contributed by atoms with Crippen LogP contribution < -0.4 is 5.32 Å². The van der Waals surface area contributed by atoms with Crippen LogP contribution in [-0.4, -0.2) is 4.98 Å². The summed E-state index contributed by atoms with van der Waals surface area (Å²) in [7, 11) is 0. The topological polar surface area (TPSA) is 24.9 Å². The first-order valence-corrected chi connectivity index (χ1v) is 5.56. The summed E-state index contributed by atoms with van der Waals surface area (Å²) in [5, 5.41) is 3.29. The maximum atomic E-state index is 12.9. The van der Waals surface area contributed by atoms with Crippen molar-refractivity contribution in [1.29, 1.82) is 0 Å². The Hall–Kier alpha value is -1.90. The summed E-state index contributed by atoms with van der Waals surface area (Å²) >= 11 is 0. The van der Waals surface area contributed by atoms with E-state index in [4.69, 9.17) is 0 Å². The number of hydrogen-bond acceptors (Lipinski definition) is 2. The maximum absolute atomic E-state index is 12.9. The predicted octanol–water partition coefficient (Wildman–Crippen LogP) is 3.45. The fraction of sp³-hybridized carbons (Fsp3) is 0.214. The van der Waals surface area contributed by atoms with E-state index in [0.717, 1.165) is 11.3 Å². The Labute approximate surface area is 101 Å². The van der Waals surface area contributed by atoms with Crippen LogP contribution in [0.2, 0.25) is 0 Å². The molecule has 2 rings (SSSR count). The molecule has 0 aliphatic carbocycles. The summed E-state index contributed by atoms with van der Waals surface area (Å²) < 4.78 is 12.9. The van der Waals surface area contributed by atoms with Crippen LogP contribution in [0.5, 0.6) is 0 Å². The number of halogens is 1. The van der Waals surface area contributed by atoms with Crippen LogP contribution in [0.4, 0.5) is 10.1 Å². The van der Waals surface area contributed by atoms with E-state index in [1.807, 2.05) is 13.8 Å². The summed E-state index contributed by atoms with van der Waals surface area (Å²) in [6.07, 6.45) is 2.88. The molecule has 0 aliphatic heterocycles. The normalized spacial score (nSPS) is 10.3. The van der Waals surface area contributed by atoms with Crippen molar-refractivity contribution in [2.24, 2.45) is 0 Å². The van der Waals surface area contributed by atoms with Crippen molar-refractivity contribution in [2.45, 2.75) is 20.4 Å². The highest BCUT2D eigenvalue weighted by atomic mass is 19.1. The first-order valence-electron chi connectivity index (χ1n) is 5.56. The van der Waals surface area contributed by atoms with Crippen molar-refractivity contribution in [3.8, 4) is 0 Å². The van der Waals surface area contributed by atoms with Gasteiger partial charge in [-0.3, -0.25) is 4.98 Å². The SMILES string of the molecule is Cc1ccc(C)c(NCc2cncc(F)c2)c1. The minimum Gasteiger partial charge on any atom is -0.381 e. The van der Waals surface area contributed by atoms with Gasteiger partial charge in [0.2, 0.25) is 0 Å². The molecular formula is C14H15FN2. The van der Waals surface area contributed by atoms with Gasteiger partial charge in [0.15, 0.2) is 0 Å². The molecule has 17 heavy (non-hydrogen) atoms. The molecule has 0 bridgehead atoms. The molecule has 1 heterocycles. The first-order chi connectivity index (χ1) is 8.15. The fourth-order valence-corrected chi connectivity index (χ4v) is 1.68. The molecule has 1 N–H and O–H groups in total. The number of benzene rings is 1. The van der Waals surface area contributed by atoms with Gasteiger partial charge >= 0.3 is 0 Å². The van der Waals surface area contributed by atoms with Crippen molar-refractivity contribution in [2.75, 3.05) is 5.32 Å². The summed E-state index contributed by atoms with van der Waals surface area (Å²) in [4.78, 5) is 3.82. The number of aromatic nitrogens is 1. The van der Waals surface area contributed by atoms with Crippen molar-refractivity contribution >= 4 is 5.69 Å². The van der Waals surface area contributed by atoms with Crippen molar-refractivity contribution < 1.29 is 4.39 Å². The highest BCUT2D eigenvalue weighted by Crippen LogP contribution is 2.17. The van der Waals surface area contributed by atoms with Gasteiger partial charge < -0.3 is 5.32 Å².